The van der Waals surface area contributed by atoms with E-state index in [0.717, 1.165) is 43.6 Å². The van der Waals surface area contributed by atoms with E-state index in [2.05, 4.69) is 24.4 Å². The summed E-state index contributed by atoms with van der Waals surface area (Å²) in [4.78, 5) is 31.3. The molecule has 30 heavy (non-hydrogen) atoms. The highest BCUT2D eigenvalue weighted by atomic mass is 16.2. The normalized spacial score (nSPS) is 17.5. The minimum atomic E-state index is -0.0591. The molecule has 4 rings (SSSR count). The number of anilines is 1. The molecule has 0 unspecified atom stereocenters. The number of amides is 4. The van der Waals surface area contributed by atoms with Gasteiger partial charge in [0, 0.05) is 44.5 Å². The summed E-state index contributed by atoms with van der Waals surface area (Å²) in [5.41, 5.74) is 3.24. The first-order valence-corrected chi connectivity index (χ1v) is 10.9. The summed E-state index contributed by atoms with van der Waals surface area (Å²) in [6.45, 7) is 5.66. The smallest absolute Gasteiger partial charge is 0.321 e. The molecule has 6 heteroatoms. The molecule has 1 N–H and O–H groups in total. The van der Waals surface area contributed by atoms with Crippen LogP contribution in [-0.2, 0) is 13.0 Å². The molecule has 0 bridgehead atoms. The Balaban J connectivity index is 1.26. The van der Waals surface area contributed by atoms with Crippen molar-refractivity contribution in [2.75, 3.05) is 31.5 Å². The van der Waals surface area contributed by atoms with Crippen LogP contribution in [0.25, 0.3) is 0 Å². The van der Waals surface area contributed by atoms with Crippen LogP contribution in [0.15, 0.2) is 54.6 Å². The molecule has 0 saturated carbocycles. The molecule has 2 aliphatic rings. The van der Waals surface area contributed by atoms with Gasteiger partial charge in [-0.2, -0.15) is 0 Å². The second-order valence-corrected chi connectivity index (χ2v) is 8.08. The van der Waals surface area contributed by atoms with Crippen molar-refractivity contribution < 1.29 is 9.59 Å². The number of hydrogen-bond donors (Lipinski definition) is 1. The van der Waals surface area contributed by atoms with Crippen molar-refractivity contribution in [3.63, 3.8) is 0 Å². The van der Waals surface area contributed by atoms with Gasteiger partial charge in [-0.25, -0.2) is 9.59 Å². The predicted molar refractivity (Wildman–Crippen MR) is 118 cm³/mol. The summed E-state index contributed by atoms with van der Waals surface area (Å²) in [6, 6.07) is 18.4. The number of nitrogens with one attached hydrogen (secondary N) is 1. The Bertz CT molecular complexity index is 861. The summed E-state index contributed by atoms with van der Waals surface area (Å²) in [5, 5.41) is 2.99. The Morgan fingerprint density at radius 3 is 2.30 bits per heavy atom. The minimum absolute atomic E-state index is 0.0591. The van der Waals surface area contributed by atoms with Crippen molar-refractivity contribution in [3.05, 3.63) is 65.7 Å². The van der Waals surface area contributed by atoms with Gasteiger partial charge in [0.25, 0.3) is 0 Å². The number of rotatable bonds is 5. The third kappa shape index (κ3) is 4.58. The van der Waals surface area contributed by atoms with Crippen molar-refractivity contribution in [1.29, 1.82) is 0 Å². The van der Waals surface area contributed by atoms with E-state index in [1.165, 1.54) is 5.56 Å². The van der Waals surface area contributed by atoms with Crippen LogP contribution in [-0.4, -0.2) is 59.0 Å². The van der Waals surface area contributed by atoms with E-state index in [1.54, 1.807) is 0 Å². The molecule has 2 aromatic rings. The van der Waals surface area contributed by atoms with E-state index in [1.807, 2.05) is 57.2 Å². The predicted octanol–water partition coefficient (Wildman–Crippen LogP) is 4.18. The highest BCUT2D eigenvalue weighted by Gasteiger charge is 2.35. The zero-order chi connectivity index (χ0) is 20.9. The number of piperidine rings is 1. The average molecular weight is 407 g/mol. The maximum absolute atomic E-state index is 12.9. The molecule has 0 aromatic heterocycles. The fourth-order valence-electron chi connectivity index (χ4n) is 4.30. The molecule has 2 aromatic carbocycles. The molecule has 0 atom stereocenters. The summed E-state index contributed by atoms with van der Waals surface area (Å²) < 4.78 is 0. The van der Waals surface area contributed by atoms with E-state index in [0.29, 0.717) is 19.6 Å². The van der Waals surface area contributed by atoms with E-state index < -0.39 is 0 Å². The van der Waals surface area contributed by atoms with Crippen LogP contribution in [0, 0.1) is 0 Å². The minimum Gasteiger partial charge on any atom is -0.324 e. The van der Waals surface area contributed by atoms with Crippen molar-refractivity contribution in [3.8, 4) is 0 Å². The number of benzene rings is 2. The first-order valence-electron chi connectivity index (χ1n) is 10.9. The molecule has 2 heterocycles. The zero-order valence-electron chi connectivity index (χ0n) is 17.6. The highest BCUT2D eigenvalue weighted by Crippen LogP contribution is 2.23. The van der Waals surface area contributed by atoms with Crippen molar-refractivity contribution in [2.45, 2.75) is 38.8 Å². The maximum Gasteiger partial charge on any atom is 0.321 e. The van der Waals surface area contributed by atoms with Crippen molar-refractivity contribution in [1.82, 2.24) is 14.7 Å². The lowest BCUT2D eigenvalue weighted by Gasteiger charge is -2.36. The number of aryl methyl sites for hydroxylation is 1. The van der Waals surface area contributed by atoms with E-state index in [-0.39, 0.29) is 18.1 Å². The number of carbonyl (C=O) groups excluding carboxylic acids is 2. The first-order chi connectivity index (χ1) is 14.6. The van der Waals surface area contributed by atoms with Crippen LogP contribution in [0.3, 0.4) is 0 Å². The Morgan fingerprint density at radius 2 is 1.63 bits per heavy atom. The molecule has 0 aliphatic carbocycles. The standard InChI is InChI=1S/C24H30N4O2/c1-2-19-8-10-21(11-9-19)25-23(29)26-14-12-22(13-15-26)28-17-16-27(24(28)30)18-20-6-4-3-5-7-20/h3-11,22H,2,12-18H2,1H3,(H,25,29). The lowest BCUT2D eigenvalue weighted by atomic mass is 10.0. The number of hydrogen-bond acceptors (Lipinski definition) is 2. The second-order valence-electron chi connectivity index (χ2n) is 8.08. The number of urea groups is 2. The molecule has 158 valence electrons. The molecular formula is C24H30N4O2. The number of carbonyl (C=O) groups is 2. The van der Waals surface area contributed by atoms with Crippen LogP contribution in [0.2, 0.25) is 0 Å². The van der Waals surface area contributed by atoms with Crippen LogP contribution < -0.4 is 5.32 Å². The van der Waals surface area contributed by atoms with Gasteiger partial charge < -0.3 is 20.0 Å². The van der Waals surface area contributed by atoms with Gasteiger partial charge in [-0.1, -0.05) is 49.4 Å². The molecular weight excluding hydrogens is 376 g/mol. The van der Waals surface area contributed by atoms with Crippen molar-refractivity contribution in [2.24, 2.45) is 0 Å². The van der Waals surface area contributed by atoms with Crippen LogP contribution in [0.4, 0.5) is 15.3 Å². The van der Waals surface area contributed by atoms with Crippen LogP contribution in [0.1, 0.15) is 30.9 Å². The van der Waals surface area contributed by atoms with Crippen molar-refractivity contribution >= 4 is 17.7 Å². The second kappa shape index (κ2) is 9.20. The largest absolute Gasteiger partial charge is 0.324 e. The van der Waals surface area contributed by atoms with Gasteiger partial charge in [0.2, 0.25) is 0 Å². The Morgan fingerprint density at radius 1 is 0.933 bits per heavy atom. The number of nitrogens with zero attached hydrogens (tertiary/aromatic N) is 3. The van der Waals surface area contributed by atoms with E-state index >= 15 is 0 Å². The lowest BCUT2D eigenvalue weighted by molar-refractivity contribution is 0.139. The van der Waals surface area contributed by atoms with E-state index in [4.69, 9.17) is 0 Å². The molecule has 2 saturated heterocycles. The maximum atomic E-state index is 12.9. The third-order valence-corrected chi connectivity index (χ3v) is 6.15. The fraction of sp³-hybridized carbons (Fsp3) is 0.417. The fourth-order valence-corrected chi connectivity index (χ4v) is 4.30. The van der Waals surface area contributed by atoms with E-state index in [9.17, 15) is 9.59 Å². The van der Waals surface area contributed by atoms with Crippen LogP contribution in [0.5, 0.6) is 0 Å². The summed E-state index contributed by atoms with van der Waals surface area (Å²) in [6.07, 6.45) is 2.64. The molecule has 2 fully saturated rings. The molecule has 0 spiro atoms. The third-order valence-electron chi connectivity index (χ3n) is 6.15. The highest BCUT2D eigenvalue weighted by molar-refractivity contribution is 5.89. The Hall–Kier alpha value is -3.02. The molecule has 2 aliphatic heterocycles. The van der Waals surface area contributed by atoms with Crippen LogP contribution >= 0.6 is 0 Å². The van der Waals surface area contributed by atoms with Gasteiger partial charge in [-0.15, -0.1) is 0 Å². The summed E-state index contributed by atoms with van der Waals surface area (Å²) in [5.74, 6) is 0. The molecule has 4 amide bonds. The van der Waals surface area contributed by atoms with Gasteiger partial charge in [0.15, 0.2) is 0 Å². The molecule has 6 nitrogen and oxygen atoms in total. The Kier molecular flexibility index (Phi) is 6.21. The average Bonchev–Trinajstić information content (AvgIpc) is 3.15. The Labute approximate surface area is 178 Å². The number of likely N-dealkylation sites (tertiary alicyclic amines) is 1. The van der Waals surface area contributed by atoms with Gasteiger partial charge >= 0.3 is 12.1 Å². The quantitative estimate of drug-likeness (QED) is 0.810. The summed E-state index contributed by atoms with van der Waals surface area (Å²) >= 11 is 0. The lowest BCUT2D eigenvalue weighted by Crippen LogP contribution is -2.49. The van der Waals surface area contributed by atoms with Gasteiger partial charge in [0.05, 0.1) is 0 Å². The van der Waals surface area contributed by atoms with Gasteiger partial charge in [-0.05, 0) is 42.5 Å². The summed E-state index contributed by atoms with van der Waals surface area (Å²) in [7, 11) is 0. The zero-order valence-corrected chi connectivity index (χ0v) is 17.6. The SMILES string of the molecule is CCc1ccc(NC(=O)N2CCC(N3CCN(Cc4ccccc4)C3=O)CC2)cc1. The monoisotopic (exact) mass is 406 g/mol. The first kappa shape index (κ1) is 20.3. The van der Waals surface area contributed by atoms with Gasteiger partial charge in [0.1, 0.15) is 0 Å². The topological polar surface area (TPSA) is 55.9 Å². The van der Waals surface area contributed by atoms with Gasteiger partial charge in [-0.3, -0.25) is 0 Å². The molecule has 0 radical (unpaired) electrons.